The Bertz CT molecular complexity index is 624. The van der Waals surface area contributed by atoms with E-state index >= 15 is 0 Å². The molecule has 5 heteroatoms. The number of amides is 1. The van der Waals surface area contributed by atoms with Crippen molar-refractivity contribution in [3.63, 3.8) is 0 Å². The number of carbonyl (C=O) groups excluding carboxylic acids is 2. The summed E-state index contributed by atoms with van der Waals surface area (Å²) in [6.45, 7) is 6.61. The minimum absolute atomic E-state index is 0.00567. The first kappa shape index (κ1) is 14.1. The van der Waals surface area contributed by atoms with Crippen molar-refractivity contribution in [2.45, 2.75) is 27.3 Å². The van der Waals surface area contributed by atoms with E-state index in [2.05, 4.69) is 10.3 Å². The Hall–Kier alpha value is -2.30. The number of hydrogen-bond donors (Lipinski definition) is 2. The first-order valence-corrected chi connectivity index (χ1v) is 6.60. The molecule has 0 aliphatic heterocycles. The second-order valence-corrected chi connectivity index (χ2v) is 4.83. The minimum Gasteiger partial charge on any atom is -0.359 e. The van der Waals surface area contributed by atoms with Gasteiger partial charge in [0.2, 0.25) is 11.7 Å². The van der Waals surface area contributed by atoms with Gasteiger partial charge in [0.25, 0.3) is 0 Å². The lowest BCUT2D eigenvalue weighted by molar-refractivity contribution is -0.118. The summed E-state index contributed by atoms with van der Waals surface area (Å²) in [4.78, 5) is 26.2. The van der Waals surface area contributed by atoms with Gasteiger partial charge in [-0.05, 0) is 32.0 Å². The highest BCUT2D eigenvalue weighted by Gasteiger charge is 2.17. The van der Waals surface area contributed by atoms with Gasteiger partial charge in [0.05, 0.1) is 5.69 Å². The second-order valence-electron chi connectivity index (χ2n) is 4.83. The van der Waals surface area contributed by atoms with Crippen molar-refractivity contribution < 1.29 is 9.59 Å². The van der Waals surface area contributed by atoms with Gasteiger partial charge in [-0.15, -0.1) is 0 Å². The molecule has 0 aliphatic carbocycles. The predicted octanol–water partition coefficient (Wildman–Crippen LogP) is 1.80. The molecule has 0 saturated heterocycles. The molecule has 2 rings (SSSR count). The quantitative estimate of drug-likeness (QED) is 0.816. The number of aromatic amines is 1. The van der Waals surface area contributed by atoms with Crippen molar-refractivity contribution in [2.75, 3.05) is 6.54 Å². The zero-order valence-electron chi connectivity index (χ0n) is 12.0. The molecule has 0 saturated carbocycles. The molecule has 20 heavy (non-hydrogen) atoms. The van der Waals surface area contributed by atoms with Crippen molar-refractivity contribution in [3.8, 4) is 0 Å². The van der Waals surface area contributed by atoms with Gasteiger partial charge in [-0.1, -0.05) is 0 Å². The summed E-state index contributed by atoms with van der Waals surface area (Å²) in [6.07, 6.45) is 1.74. The number of aromatic nitrogens is 2. The Labute approximate surface area is 118 Å². The fourth-order valence-electron chi connectivity index (χ4n) is 2.34. The molecule has 0 spiro atoms. The van der Waals surface area contributed by atoms with Gasteiger partial charge in [-0.3, -0.25) is 9.59 Å². The van der Waals surface area contributed by atoms with E-state index in [0.29, 0.717) is 24.3 Å². The number of carbonyl (C=O) groups is 2. The Balaban J connectivity index is 2.20. The summed E-state index contributed by atoms with van der Waals surface area (Å²) in [5.41, 5.74) is 3.23. The number of hydrogen-bond acceptors (Lipinski definition) is 2. The Morgan fingerprint density at radius 2 is 2.10 bits per heavy atom. The van der Waals surface area contributed by atoms with E-state index in [4.69, 9.17) is 0 Å². The van der Waals surface area contributed by atoms with Crippen molar-refractivity contribution in [1.82, 2.24) is 14.9 Å². The zero-order valence-corrected chi connectivity index (χ0v) is 12.0. The van der Waals surface area contributed by atoms with E-state index in [1.807, 2.05) is 30.5 Å². The lowest BCUT2D eigenvalue weighted by atomic mass is 10.1. The maximum atomic E-state index is 12.4. The molecule has 1 amide bonds. The molecule has 5 nitrogen and oxygen atoms in total. The molecular weight excluding hydrogens is 254 g/mol. The Kier molecular flexibility index (Phi) is 4.08. The van der Waals surface area contributed by atoms with Crippen LogP contribution in [0.25, 0.3) is 0 Å². The van der Waals surface area contributed by atoms with Crippen LogP contribution in [0.15, 0.2) is 24.4 Å². The predicted molar refractivity (Wildman–Crippen MR) is 76.8 cm³/mol. The van der Waals surface area contributed by atoms with Crippen molar-refractivity contribution in [1.29, 1.82) is 0 Å². The summed E-state index contributed by atoms with van der Waals surface area (Å²) < 4.78 is 2.05. The largest absolute Gasteiger partial charge is 0.359 e. The molecule has 0 radical (unpaired) electrons. The molecule has 0 aromatic carbocycles. The monoisotopic (exact) mass is 273 g/mol. The molecule has 0 unspecified atom stereocenters. The number of ketones is 1. The number of nitrogens with zero attached hydrogens (tertiary/aromatic N) is 1. The SMILES string of the molecule is CC(=O)NCCn1c(C)cc(C(=O)c2ccc[nH]2)c1C. The van der Waals surface area contributed by atoms with Gasteiger partial charge in [0.15, 0.2) is 0 Å². The van der Waals surface area contributed by atoms with Crippen molar-refractivity contribution in [3.05, 3.63) is 47.0 Å². The van der Waals surface area contributed by atoms with Crippen LogP contribution < -0.4 is 5.32 Å². The van der Waals surface area contributed by atoms with Gasteiger partial charge in [-0.25, -0.2) is 0 Å². The number of nitrogens with one attached hydrogen (secondary N) is 2. The highest BCUT2D eigenvalue weighted by molar-refractivity contribution is 6.08. The van der Waals surface area contributed by atoms with Crippen LogP contribution in [-0.2, 0) is 11.3 Å². The second kappa shape index (κ2) is 5.77. The summed E-state index contributed by atoms with van der Waals surface area (Å²) >= 11 is 0. The minimum atomic E-state index is -0.0462. The average molecular weight is 273 g/mol. The first-order valence-electron chi connectivity index (χ1n) is 6.60. The summed E-state index contributed by atoms with van der Waals surface area (Å²) in [6, 6.07) is 5.47. The number of aryl methyl sites for hydroxylation is 1. The number of rotatable bonds is 5. The van der Waals surface area contributed by atoms with E-state index in [1.165, 1.54) is 6.92 Å². The molecule has 0 atom stereocenters. The van der Waals surface area contributed by atoms with Gasteiger partial charge in [0.1, 0.15) is 0 Å². The molecule has 106 valence electrons. The third-order valence-electron chi connectivity index (χ3n) is 3.37. The lowest BCUT2D eigenvalue weighted by Gasteiger charge is -2.09. The average Bonchev–Trinajstić information content (AvgIpc) is 3.00. The van der Waals surface area contributed by atoms with Crippen LogP contribution in [-0.4, -0.2) is 27.8 Å². The zero-order chi connectivity index (χ0) is 14.7. The first-order chi connectivity index (χ1) is 9.50. The van der Waals surface area contributed by atoms with Crippen LogP contribution >= 0.6 is 0 Å². The molecule has 0 fully saturated rings. The molecular formula is C15H19N3O2. The third kappa shape index (κ3) is 2.82. The lowest BCUT2D eigenvalue weighted by Crippen LogP contribution is -2.25. The molecule has 0 aliphatic rings. The van der Waals surface area contributed by atoms with E-state index in [-0.39, 0.29) is 11.7 Å². The van der Waals surface area contributed by atoms with Gasteiger partial charge < -0.3 is 14.9 Å². The summed E-state index contributed by atoms with van der Waals surface area (Å²) in [5, 5.41) is 2.76. The summed E-state index contributed by atoms with van der Waals surface area (Å²) in [7, 11) is 0. The van der Waals surface area contributed by atoms with Crippen molar-refractivity contribution >= 4 is 11.7 Å². The summed E-state index contributed by atoms with van der Waals surface area (Å²) in [5.74, 6) is -0.0518. The molecule has 2 N–H and O–H groups in total. The maximum absolute atomic E-state index is 12.4. The molecule has 2 heterocycles. The number of H-pyrrole nitrogens is 1. The van der Waals surface area contributed by atoms with Crippen LogP contribution in [0, 0.1) is 13.8 Å². The Morgan fingerprint density at radius 1 is 1.35 bits per heavy atom. The smallest absolute Gasteiger partial charge is 0.216 e. The standard InChI is InChI=1S/C15H19N3O2/c1-10-9-13(15(20)14-5-4-6-17-14)11(2)18(10)8-7-16-12(3)19/h4-6,9,17H,7-8H2,1-3H3,(H,16,19). The fraction of sp³-hybridized carbons (Fsp3) is 0.333. The third-order valence-corrected chi connectivity index (χ3v) is 3.37. The van der Waals surface area contributed by atoms with E-state index in [9.17, 15) is 9.59 Å². The van der Waals surface area contributed by atoms with E-state index in [1.54, 1.807) is 12.3 Å². The van der Waals surface area contributed by atoms with E-state index < -0.39 is 0 Å². The maximum Gasteiger partial charge on any atom is 0.216 e. The highest BCUT2D eigenvalue weighted by atomic mass is 16.1. The van der Waals surface area contributed by atoms with Gasteiger partial charge in [0, 0.05) is 43.2 Å². The molecule has 2 aromatic rings. The normalized spacial score (nSPS) is 10.6. The topological polar surface area (TPSA) is 66.9 Å². The van der Waals surface area contributed by atoms with Crippen molar-refractivity contribution in [2.24, 2.45) is 0 Å². The van der Waals surface area contributed by atoms with Crippen LogP contribution in [0.2, 0.25) is 0 Å². The molecule has 2 aromatic heterocycles. The van der Waals surface area contributed by atoms with Crippen LogP contribution in [0.3, 0.4) is 0 Å². The van der Waals surface area contributed by atoms with Gasteiger partial charge >= 0.3 is 0 Å². The highest BCUT2D eigenvalue weighted by Crippen LogP contribution is 2.18. The fourth-order valence-corrected chi connectivity index (χ4v) is 2.34. The van der Waals surface area contributed by atoms with Crippen LogP contribution in [0.1, 0.15) is 34.4 Å². The van der Waals surface area contributed by atoms with E-state index in [0.717, 1.165) is 11.4 Å². The Morgan fingerprint density at radius 3 is 2.70 bits per heavy atom. The molecule has 0 bridgehead atoms. The van der Waals surface area contributed by atoms with Crippen LogP contribution in [0.4, 0.5) is 0 Å². The van der Waals surface area contributed by atoms with Crippen LogP contribution in [0.5, 0.6) is 0 Å². The van der Waals surface area contributed by atoms with Gasteiger partial charge in [-0.2, -0.15) is 0 Å².